The van der Waals surface area contributed by atoms with Crippen molar-refractivity contribution in [3.63, 3.8) is 0 Å². The summed E-state index contributed by atoms with van der Waals surface area (Å²) >= 11 is 0. The number of sulfone groups is 1. The van der Waals surface area contributed by atoms with Crippen LogP contribution >= 0.6 is 0 Å². The molecule has 1 aromatic heterocycles. The van der Waals surface area contributed by atoms with Crippen LogP contribution in [0.4, 0.5) is 0 Å². The summed E-state index contributed by atoms with van der Waals surface area (Å²) in [6.45, 7) is 2.00. The molecule has 3 rings (SSSR count). The maximum Gasteiger partial charge on any atom is 0.229 e. The van der Waals surface area contributed by atoms with Gasteiger partial charge in [0, 0.05) is 7.05 Å². The van der Waals surface area contributed by atoms with Crippen LogP contribution in [-0.4, -0.2) is 18.0 Å². The van der Waals surface area contributed by atoms with E-state index in [4.69, 9.17) is 0 Å². The molecule has 4 nitrogen and oxygen atoms in total. The van der Waals surface area contributed by atoms with Gasteiger partial charge in [-0.3, -0.25) is 0 Å². The van der Waals surface area contributed by atoms with Crippen molar-refractivity contribution in [2.45, 2.75) is 30.2 Å². The fourth-order valence-electron chi connectivity index (χ4n) is 2.94. The van der Waals surface area contributed by atoms with Gasteiger partial charge in [0.05, 0.1) is 16.3 Å². The molecule has 0 saturated heterocycles. The maximum atomic E-state index is 13.2. The lowest BCUT2D eigenvalue weighted by molar-refractivity contribution is 0.558. The Balaban J connectivity index is 2.16. The van der Waals surface area contributed by atoms with E-state index in [1.807, 2.05) is 61.5 Å². The van der Waals surface area contributed by atoms with Gasteiger partial charge in [-0.25, -0.2) is 13.4 Å². The molecule has 120 valence electrons. The molecule has 3 aromatic rings. The van der Waals surface area contributed by atoms with Gasteiger partial charge in [0.15, 0.2) is 0 Å². The van der Waals surface area contributed by atoms with Crippen molar-refractivity contribution < 1.29 is 8.42 Å². The Morgan fingerprint density at radius 1 is 1.04 bits per heavy atom. The van der Waals surface area contributed by atoms with Crippen LogP contribution in [0.1, 0.15) is 30.6 Å². The number of hydrogen-bond donors (Lipinski definition) is 0. The number of aromatic nitrogens is 2. The maximum absolute atomic E-state index is 13.2. The number of benzene rings is 2. The first-order valence-corrected chi connectivity index (χ1v) is 9.30. The van der Waals surface area contributed by atoms with Gasteiger partial charge < -0.3 is 4.57 Å². The summed E-state index contributed by atoms with van der Waals surface area (Å²) in [7, 11) is -1.80. The summed E-state index contributed by atoms with van der Waals surface area (Å²) < 4.78 is 28.1. The van der Waals surface area contributed by atoms with Gasteiger partial charge >= 0.3 is 0 Å². The van der Waals surface area contributed by atoms with Crippen molar-refractivity contribution in [3.8, 4) is 0 Å². The van der Waals surface area contributed by atoms with E-state index >= 15 is 0 Å². The number of imidazole rings is 1. The Hall–Kier alpha value is -2.14. The molecule has 0 radical (unpaired) electrons. The normalized spacial score (nSPS) is 13.3. The first-order valence-electron chi connectivity index (χ1n) is 7.76. The number of nitrogens with zero attached hydrogens (tertiary/aromatic N) is 2. The third-order valence-electron chi connectivity index (χ3n) is 4.10. The highest BCUT2D eigenvalue weighted by molar-refractivity contribution is 7.91. The minimum absolute atomic E-state index is 0.140. The Morgan fingerprint density at radius 2 is 1.70 bits per heavy atom. The zero-order valence-corrected chi connectivity index (χ0v) is 14.1. The number of hydrogen-bond acceptors (Lipinski definition) is 3. The quantitative estimate of drug-likeness (QED) is 0.714. The lowest BCUT2D eigenvalue weighted by Gasteiger charge is -2.17. The lowest BCUT2D eigenvalue weighted by Crippen LogP contribution is -2.17. The molecular formula is C18H20N2O2S. The molecule has 1 unspecified atom stereocenters. The molecule has 0 fully saturated rings. The molecule has 0 amide bonds. The highest BCUT2D eigenvalue weighted by atomic mass is 32.2. The molecule has 1 atom stereocenters. The van der Waals surface area contributed by atoms with E-state index in [2.05, 4.69) is 4.98 Å². The van der Waals surface area contributed by atoms with Crippen LogP contribution in [-0.2, 0) is 16.9 Å². The third-order valence-corrected chi connectivity index (χ3v) is 6.23. The van der Waals surface area contributed by atoms with E-state index in [9.17, 15) is 8.42 Å². The second kappa shape index (κ2) is 6.16. The van der Waals surface area contributed by atoms with Crippen molar-refractivity contribution in [1.29, 1.82) is 0 Å². The van der Waals surface area contributed by atoms with Gasteiger partial charge in [0.1, 0.15) is 0 Å². The molecule has 0 saturated carbocycles. The molecule has 0 aliphatic heterocycles. The van der Waals surface area contributed by atoms with E-state index < -0.39 is 15.1 Å². The number of fused-ring (bicyclic) bond motifs is 1. The molecule has 2 aromatic carbocycles. The van der Waals surface area contributed by atoms with Gasteiger partial charge in [-0.1, -0.05) is 55.8 Å². The van der Waals surface area contributed by atoms with Crippen LogP contribution in [0, 0.1) is 0 Å². The average Bonchev–Trinajstić information content (AvgIpc) is 2.91. The summed E-state index contributed by atoms with van der Waals surface area (Å²) in [5.74, 6) is 0. The van der Waals surface area contributed by atoms with Gasteiger partial charge in [-0.05, 0) is 24.1 Å². The van der Waals surface area contributed by atoms with Crippen LogP contribution < -0.4 is 0 Å². The highest BCUT2D eigenvalue weighted by Gasteiger charge is 2.32. The van der Waals surface area contributed by atoms with Crippen molar-refractivity contribution in [2.24, 2.45) is 7.05 Å². The molecule has 5 heteroatoms. The molecule has 0 spiro atoms. The predicted molar refractivity (Wildman–Crippen MR) is 92.0 cm³/mol. The fraction of sp³-hybridized carbons (Fsp3) is 0.278. The van der Waals surface area contributed by atoms with E-state index in [0.717, 1.165) is 17.5 Å². The smallest absolute Gasteiger partial charge is 0.229 e. The molecule has 0 bridgehead atoms. The van der Waals surface area contributed by atoms with Crippen LogP contribution in [0.3, 0.4) is 0 Å². The Bertz CT molecular complexity index is 915. The summed E-state index contributed by atoms with van der Waals surface area (Å²) in [5.41, 5.74) is 2.35. The van der Waals surface area contributed by atoms with Crippen molar-refractivity contribution in [2.75, 3.05) is 0 Å². The van der Waals surface area contributed by atoms with Crippen molar-refractivity contribution in [3.05, 3.63) is 60.2 Å². The van der Waals surface area contributed by atoms with Crippen LogP contribution in [0.25, 0.3) is 11.0 Å². The zero-order valence-electron chi connectivity index (χ0n) is 13.3. The second-order valence-corrected chi connectivity index (χ2v) is 7.70. The highest BCUT2D eigenvalue weighted by Crippen LogP contribution is 2.33. The Kier molecular flexibility index (Phi) is 4.22. The summed E-state index contributed by atoms with van der Waals surface area (Å²) in [6.07, 6.45) is 1.37. The number of rotatable bonds is 5. The molecule has 0 aliphatic rings. The van der Waals surface area contributed by atoms with Crippen LogP contribution in [0.15, 0.2) is 59.8 Å². The van der Waals surface area contributed by atoms with Gasteiger partial charge in [-0.2, -0.15) is 0 Å². The van der Waals surface area contributed by atoms with E-state index in [0.29, 0.717) is 11.9 Å². The summed E-state index contributed by atoms with van der Waals surface area (Å²) in [4.78, 5) is 4.39. The van der Waals surface area contributed by atoms with E-state index in [-0.39, 0.29) is 5.16 Å². The van der Waals surface area contributed by atoms with E-state index in [1.165, 1.54) is 0 Å². The van der Waals surface area contributed by atoms with Crippen LogP contribution in [0.2, 0.25) is 0 Å². The molecule has 0 N–H and O–H groups in total. The Labute approximate surface area is 136 Å². The predicted octanol–water partition coefficient (Wildman–Crippen LogP) is 3.89. The van der Waals surface area contributed by atoms with Crippen molar-refractivity contribution in [1.82, 2.24) is 9.55 Å². The standard InChI is InChI=1S/C18H20N2O2S/c1-3-9-17(14-10-5-4-6-11-14)23(21,22)18-19-15-12-7-8-13-16(15)20(18)2/h4-8,10-13,17H,3,9H2,1-2H3. The Morgan fingerprint density at radius 3 is 2.35 bits per heavy atom. The fourth-order valence-corrected chi connectivity index (χ4v) is 4.96. The third kappa shape index (κ3) is 2.77. The first-order chi connectivity index (χ1) is 11.1. The SMILES string of the molecule is CCCC(c1ccccc1)S(=O)(=O)c1nc2ccccc2n1C. The van der Waals surface area contributed by atoms with Crippen LogP contribution in [0.5, 0.6) is 0 Å². The number of aryl methyl sites for hydroxylation is 1. The summed E-state index contributed by atoms with van der Waals surface area (Å²) in [5, 5.41) is -0.426. The average molecular weight is 328 g/mol. The largest absolute Gasteiger partial charge is 0.318 e. The van der Waals surface area contributed by atoms with Gasteiger partial charge in [0.2, 0.25) is 15.0 Å². The molecule has 23 heavy (non-hydrogen) atoms. The minimum atomic E-state index is -3.56. The molecule has 1 heterocycles. The van der Waals surface area contributed by atoms with Crippen molar-refractivity contribution >= 4 is 20.9 Å². The lowest BCUT2D eigenvalue weighted by atomic mass is 10.1. The molecule has 0 aliphatic carbocycles. The van der Waals surface area contributed by atoms with E-state index in [1.54, 1.807) is 11.6 Å². The van der Waals surface area contributed by atoms with Gasteiger partial charge in [0.25, 0.3) is 0 Å². The number of para-hydroxylation sites is 2. The topological polar surface area (TPSA) is 52.0 Å². The first kappa shape index (κ1) is 15.7. The molecular weight excluding hydrogens is 308 g/mol. The second-order valence-electron chi connectivity index (χ2n) is 5.68. The minimum Gasteiger partial charge on any atom is -0.318 e. The monoisotopic (exact) mass is 328 g/mol. The summed E-state index contributed by atoms with van der Waals surface area (Å²) in [6, 6.07) is 16.9. The van der Waals surface area contributed by atoms with Gasteiger partial charge in [-0.15, -0.1) is 0 Å². The zero-order chi connectivity index (χ0) is 16.4.